The van der Waals surface area contributed by atoms with E-state index in [4.69, 9.17) is 9.47 Å². The van der Waals surface area contributed by atoms with Crippen LogP contribution in [-0.2, 0) is 19.1 Å². The molecule has 2 saturated carbocycles. The smallest absolute Gasteiger partial charge is 0.168 e. The predicted molar refractivity (Wildman–Crippen MR) is 90.9 cm³/mol. The van der Waals surface area contributed by atoms with Crippen LogP contribution in [0, 0.1) is 23.2 Å². The van der Waals surface area contributed by atoms with Gasteiger partial charge in [0.15, 0.2) is 11.6 Å². The number of carbonyl (C=O) groups is 2. The van der Waals surface area contributed by atoms with E-state index in [1.54, 1.807) is 14.0 Å². The number of hydrogen-bond acceptors (Lipinski definition) is 5. The molecule has 25 heavy (non-hydrogen) atoms. The highest BCUT2D eigenvalue weighted by atomic mass is 16.5. The van der Waals surface area contributed by atoms with Crippen molar-refractivity contribution in [2.24, 2.45) is 23.2 Å². The van der Waals surface area contributed by atoms with Crippen LogP contribution in [0.1, 0.15) is 46.5 Å². The summed E-state index contributed by atoms with van der Waals surface area (Å²) in [5, 5.41) is 11.0. The Balaban J connectivity index is 1.88. The maximum absolute atomic E-state index is 13.2. The number of aliphatic hydroxyl groups excluding tert-OH is 1. The summed E-state index contributed by atoms with van der Waals surface area (Å²) in [6.45, 7) is 6.43. The van der Waals surface area contributed by atoms with Crippen molar-refractivity contribution in [3.63, 3.8) is 0 Å². The van der Waals surface area contributed by atoms with Crippen molar-refractivity contribution in [2.75, 3.05) is 13.7 Å². The molecule has 5 heteroatoms. The minimum Gasteiger partial charge on any atom is -0.381 e. The number of Topliss-reactive ketones (excluding diaryl/α,β-unsaturated/α-hetero) is 2. The van der Waals surface area contributed by atoms with E-state index in [0.29, 0.717) is 36.5 Å². The van der Waals surface area contributed by atoms with Crippen LogP contribution in [-0.4, -0.2) is 48.2 Å². The molecule has 2 bridgehead atoms. The van der Waals surface area contributed by atoms with Gasteiger partial charge in [0.25, 0.3) is 0 Å². The van der Waals surface area contributed by atoms with Crippen LogP contribution in [0.15, 0.2) is 11.1 Å². The average Bonchev–Trinajstić information content (AvgIpc) is 2.52. The molecule has 5 nitrogen and oxygen atoms in total. The fourth-order valence-electron chi connectivity index (χ4n) is 6.03. The summed E-state index contributed by atoms with van der Waals surface area (Å²) in [6, 6.07) is 0. The van der Waals surface area contributed by atoms with E-state index in [0.717, 1.165) is 12.8 Å². The van der Waals surface area contributed by atoms with E-state index in [1.165, 1.54) is 0 Å². The highest BCUT2D eigenvalue weighted by Gasteiger charge is 2.61. The second kappa shape index (κ2) is 5.48. The Morgan fingerprint density at radius 3 is 2.52 bits per heavy atom. The summed E-state index contributed by atoms with van der Waals surface area (Å²) in [4.78, 5) is 25.9. The quantitative estimate of drug-likeness (QED) is 0.785. The topological polar surface area (TPSA) is 72.8 Å². The van der Waals surface area contributed by atoms with E-state index in [1.807, 2.05) is 13.8 Å². The number of methoxy groups -OCH3 is 1. The van der Waals surface area contributed by atoms with Crippen molar-refractivity contribution < 1.29 is 24.2 Å². The third-order valence-corrected chi connectivity index (χ3v) is 7.75. The number of carbonyl (C=O) groups excluding carboxylic acids is 2. The standard InChI is InChI=1S/C20H28O5/c1-10-14(21)8-20(24-4)7-12-11(5-6-15-13(12)9-25-15)17(22)18(23)16(10)19(20,2)3/h11-13,15,18,23H,5-9H2,1-4H3. The summed E-state index contributed by atoms with van der Waals surface area (Å²) in [7, 11) is 1.66. The van der Waals surface area contributed by atoms with E-state index >= 15 is 0 Å². The van der Waals surface area contributed by atoms with Gasteiger partial charge in [0.05, 0.1) is 18.3 Å². The molecule has 6 unspecified atom stereocenters. The average molecular weight is 348 g/mol. The van der Waals surface area contributed by atoms with Gasteiger partial charge in [-0.15, -0.1) is 0 Å². The first kappa shape index (κ1) is 17.4. The maximum atomic E-state index is 13.2. The molecule has 0 spiro atoms. The Hall–Kier alpha value is -1.04. The number of rotatable bonds is 1. The van der Waals surface area contributed by atoms with Crippen LogP contribution in [0.25, 0.3) is 0 Å². The maximum Gasteiger partial charge on any atom is 0.168 e. The van der Waals surface area contributed by atoms with Crippen LogP contribution in [0.5, 0.6) is 0 Å². The molecule has 0 aromatic rings. The fraction of sp³-hybridized carbons (Fsp3) is 0.800. The molecule has 6 atom stereocenters. The zero-order valence-electron chi connectivity index (χ0n) is 15.5. The number of fused-ring (bicyclic) bond motifs is 5. The molecular formula is C20H28O5. The molecule has 4 rings (SSSR count). The van der Waals surface area contributed by atoms with Gasteiger partial charge in [-0.3, -0.25) is 9.59 Å². The van der Waals surface area contributed by atoms with Crippen molar-refractivity contribution in [2.45, 2.75) is 64.3 Å². The van der Waals surface area contributed by atoms with E-state index in [9.17, 15) is 14.7 Å². The molecule has 138 valence electrons. The predicted octanol–water partition coefficient (Wildman–Crippen LogP) is 2.06. The summed E-state index contributed by atoms with van der Waals surface area (Å²) < 4.78 is 11.7. The van der Waals surface area contributed by atoms with Crippen molar-refractivity contribution in [1.82, 2.24) is 0 Å². The Labute approximate surface area is 148 Å². The van der Waals surface area contributed by atoms with E-state index < -0.39 is 17.1 Å². The Morgan fingerprint density at radius 1 is 1.20 bits per heavy atom. The summed E-state index contributed by atoms with van der Waals surface area (Å²) in [6.07, 6.45) is 1.63. The van der Waals surface area contributed by atoms with Gasteiger partial charge >= 0.3 is 0 Å². The van der Waals surface area contributed by atoms with Gasteiger partial charge in [0.1, 0.15) is 6.10 Å². The van der Waals surface area contributed by atoms with Gasteiger partial charge in [0, 0.05) is 30.8 Å². The van der Waals surface area contributed by atoms with Gasteiger partial charge < -0.3 is 14.6 Å². The SMILES string of the molecule is COC12CC(=O)C(C)=C(C(O)C(=O)C3CCC4OCC4C3C1)C2(C)C. The van der Waals surface area contributed by atoms with Crippen LogP contribution in [0.3, 0.4) is 0 Å². The molecule has 3 aliphatic carbocycles. The minimum atomic E-state index is -1.21. The molecule has 1 saturated heterocycles. The molecule has 0 aromatic carbocycles. The number of allylic oxidation sites excluding steroid dienone is 1. The summed E-state index contributed by atoms with van der Waals surface area (Å²) in [5.41, 5.74) is -0.142. The number of hydrogen-bond donors (Lipinski definition) is 1. The lowest BCUT2D eigenvalue weighted by Gasteiger charge is -2.58. The Bertz CT molecular complexity index is 663. The first-order chi connectivity index (χ1) is 11.7. The lowest BCUT2D eigenvalue weighted by Crippen LogP contribution is -2.63. The molecule has 0 radical (unpaired) electrons. The van der Waals surface area contributed by atoms with Gasteiger partial charge in [0.2, 0.25) is 0 Å². The second-order valence-electron chi connectivity index (χ2n) is 8.85. The lowest BCUT2D eigenvalue weighted by molar-refractivity contribution is -0.203. The van der Waals surface area contributed by atoms with Gasteiger partial charge in [-0.05, 0) is 43.3 Å². The first-order valence-electron chi connectivity index (χ1n) is 9.36. The summed E-state index contributed by atoms with van der Waals surface area (Å²) in [5.74, 6) is 0.153. The molecule has 1 N–H and O–H groups in total. The third kappa shape index (κ3) is 2.12. The lowest BCUT2D eigenvalue weighted by atomic mass is 9.51. The monoisotopic (exact) mass is 348 g/mol. The van der Waals surface area contributed by atoms with Crippen LogP contribution >= 0.6 is 0 Å². The molecule has 4 aliphatic rings. The molecule has 0 aromatic heterocycles. The normalized spacial score (nSPS) is 45.9. The van der Waals surface area contributed by atoms with Crippen molar-refractivity contribution >= 4 is 11.6 Å². The number of ether oxygens (including phenoxy) is 2. The number of aliphatic hydroxyl groups is 1. The minimum absolute atomic E-state index is 0.0151. The fourth-order valence-corrected chi connectivity index (χ4v) is 6.03. The highest BCUT2D eigenvalue weighted by molar-refractivity contribution is 6.01. The molecule has 1 heterocycles. The number of ketones is 2. The van der Waals surface area contributed by atoms with Gasteiger partial charge in [-0.25, -0.2) is 0 Å². The Kier molecular flexibility index (Phi) is 3.81. The van der Waals surface area contributed by atoms with Gasteiger partial charge in [-0.1, -0.05) is 13.8 Å². The molecule has 0 amide bonds. The van der Waals surface area contributed by atoms with Gasteiger partial charge in [-0.2, -0.15) is 0 Å². The van der Waals surface area contributed by atoms with Crippen molar-refractivity contribution in [1.29, 1.82) is 0 Å². The molecular weight excluding hydrogens is 320 g/mol. The van der Waals surface area contributed by atoms with E-state index in [-0.39, 0.29) is 29.5 Å². The van der Waals surface area contributed by atoms with Crippen LogP contribution < -0.4 is 0 Å². The van der Waals surface area contributed by atoms with Crippen molar-refractivity contribution in [3.8, 4) is 0 Å². The Morgan fingerprint density at radius 2 is 1.92 bits per heavy atom. The first-order valence-corrected chi connectivity index (χ1v) is 9.36. The zero-order chi connectivity index (χ0) is 18.1. The van der Waals surface area contributed by atoms with Crippen LogP contribution in [0.2, 0.25) is 0 Å². The van der Waals surface area contributed by atoms with Crippen LogP contribution in [0.4, 0.5) is 0 Å². The summed E-state index contributed by atoms with van der Waals surface area (Å²) >= 11 is 0. The largest absolute Gasteiger partial charge is 0.381 e. The molecule has 1 aliphatic heterocycles. The second-order valence-corrected chi connectivity index (χ2v) is 8.85. The highest BCUT2D eigenvalue weighted by Crippen LogP contribution is 2.58. The van der Waals surface area contributed by atoms with E-state index in [2.05, 4.69) is 0 Å². The zero-order valence-corrected chi connectivity index (χ0v) is 15.5. The van der Waals surface area contributed by atoms with Crippen molar-refractivity contribution in [3.05, 3.63) is 11.1 Å². The molecule has 3 fully saturated rings. The third-order valence-electron chi connectivity index (χ3n) is 7.75.